The first kappa shape index (κ1) is 15.6. The van der Waals surface area contributed by atoms with Crippen molar-refractivity contribution in [2.24, 2.45) is 11.5 Å². The van der Waals surface area contributed by atoms with Crippen molar-refractivity contribution in [2.75, 3.05) is 0 Å². The van der Waals surface area contributed by atoms with Gasteiger partial charge in [0.1, 0.15) is 0 Å². The number of nitrogens with zero attached hydrogens (tertiary/aromatic N) is 3. The van der Waals surface area contributed by atoms with Crippen molar-refractivity contribution in [1.29, 1.82) is 0 Å². The Labute approximate surface area is 139 Å². The molecule has 0 radical (unpaired) electrons. The second-order valence-corrected chi connectivity index (χ2v) is 5.35. The molecule has 6 heteroatoms. The van der Waals surface area contributed by atoms with Gasteiger partial charge in [-0.1, -0.05) is 48.5 Å². The van der Waals surface area contributed by atoms with Crippen LogP contribution in [-0.4, -0.2) is 15.0 Å². The van der Waals surface area contributed by atoms with Gasteiger partial charge in [-0.3, -0.25) is 0 Å². The number of halogens is 1. The third kappa shape index (κ3) is 3.37. The molecule has 3 rings (SSSR count). The molecule has 0 spiro atoms. The van der Waals surface area contributed by atoms with E-state index in [0.29, 0.717) is 24.7 Å². The van der Waals surface area contributed by atoms with Crippen LogP contribution in [0.15, 0.2) is 48.5 Å². The summed E-state index contributed by atoms with van der Waals surface area (Å²) in [6.07, 6.45) is 0. The van der Waals surface area contributed by atoms with Crippen LogP contribution in [0, 0.1) is 0 Å². The maximum absolute atomic E-state index is 6.09. The van der Waals surface area contributed by atoms with E-state index in [9.17, 15) is 0 Å². The molecule has 5 nitrogen and oxygen atoms in total. The highest BCUT2D eigenvalue weighted by Crippen LogP contribution is 2.24. The van der Waals surface area contributed by atoms with Crippen molar-refractivity contribution < 1.29 is 0 Å². The molecule has 23 heavy (non-hydrogen) atoms. The lowest BCUT2D eigenvalue weighted by Crippen LogP contribution is -2.03. The van der Waals surface area contributed by atoms with E-state index in [-0.39, 0.29) is 5.28 Å². The summed E-state index contributed by atoms with van der Waals surface area (Å²) in [6, 6.07) is 15.5. The maximum Gasteiger partial charge on any atom is 0.226 e. The summed E-state index contributed by atoms with van der Waals surface area (Å²) in [7, 11) is 0. The SMILES string of the molecule is NCc1ccc(-c2nc(Cl)nc(-c3ccccc3CN)n2)cc1. The van der Waals surface area contributed by atoms with Crippen molar-refractivity contribution in [3.63, 3.8) is 0 Å². The number of hydrogen-bond acceptors (Lipinski definition) is 5. The zero-order chi connectivity index (χ0) is 16.2. The van der Waals surface area contributed by atoms with Crippen molar-refractivity contribution in [3.05, 3.63) is 64.9 Å². The molecular weight excluding hydrogens is 310 g/mol. The van der Waals surface area contributed by atoms with E-state index in [4.69, 9.17) is 23.1 Å². The van der Waals surface area contributed by atoms with Gasteiger partial charge in [-0.2, -0.15) is 9.97 Å². The Hall–Kier alpha value is -2.34. The molecule has 0 aliphatic carbocycles. The van der Waals surface area contributed by atoms with E-state index in [1.807, 2.05) is 48.5 Å². The molecule has 0 amide bonds. The first-order chi connectivity index (χ1) is 11.2. The molecule has 0 unspecified atom stereocenters. The number of nitrogens with two attached hydrogens (primary N) is 2. The summed E-state index contributed by atoms with van der Waals surface area (Å²) >= 11 is 6.09. The van der Waals surface area contributed by atoms with Crippen LogP contribution in [0.1, 0.15) is 11.1 Å². The molecule has 116 valence electrons. The van der Waals surface area contributed by atoms with E-state index in [2.05, 4.69) is 15.0 Å². The van der Waals surface area contributed by atoms with Crippen LogP contribution in [-0.2, 0) is 13.1 Å². The molecule has 0 fully saturated rings. The third-order valence-corrected chi connectivity index (χ3v) is 3.70. The van der Waals surface area contributed by atoms with Gasteiger partial charge >= 0.3 is 0 Å². The van der Waals surface area contributed by atoms with E-state index in [1.54, 1.807) is 0 Å². The fraction of sp³-hybridized carbons (Fsp3) is 0.118. The molecule has 0 saturated carbocycles. The number of aromatic nitrogens is 3. The lowest BCUT2D eigenvalue weighted by atomic mass is 10.1. The highest BCUT2D eigenvalue weighted by Gasteiger charge is 2.11. The van der Waals surface area contributed by atoms with Crippen molar-refractivity contribution in [1.82, 2.24) is 15.0 Å². The minimum absolute atomic E-state index is 0.153. The summed E-state index contributed by atoms with van der Waals surface area (Å²) in [6.45, 7) is 0.896. The standard InChI is InChI=1S/C17H16ClN5/c18-17-22-15(12-7-5-11(9-19)6-8-12)21-16(23-17)14-4-2-1-3-13(14)10-20/h1-8H,9-10,19-20H2. The third-order valence-electron chi connectivity index (χ3n) is 3.53. The Morgan fingerprint density at radius 1 is 0.783 bits per heavy atom. The Kier molecular flexibility index (Phi) is 4.62. The summed E-state index contributed by atoms with van der Waals surface area (Å²) in [4.78, 5) is 13.0. The molecule has 0 aliphatic heterocycles. The molecule has 0 aliphatic rings. The Morgan fingerprint density at radius 2 is 1.48 bits per heavy atom. The van der Waals surface area contributed by atoms with E-state index in [1.165, 1.54) is 0 Å². The highest BCUT2D eigenvalue weighted by molar-refractivity contribution is 6.28. The number of hydrogen-bond donors (Lipinski definition) is 2. The zero-order valence-electron chi connectivity index (χ0n) is 12.4. The summed E-state index contributed by atoms with van der Waals surface area (Å²) in [5.74, 6) is 1.04. The maximum atomic E-state index is 6.09. The van der Waals surface area contributed by atoms with Crippen LogP contribution in [0.2, 0.25) is 5.28 Å². The average Bonchev–Trinajstić information content (AvgIpc) is 2.61. The van der Waals surface area contributed by atoms with Gasteiger partial charge in [0.05, 0.1) is 0 Å². The first-order valence-electron chi connectivity index (χ1n) is 7.20. The number of rotatable bonds is 4. The second-order valence-electron chi connectivity index (χ2n) is 5.01. The molecule has 0 saturated heterocycles. The predicted octanol–water partition coefficient (Wildman–Crippen LogP) is 2.78. The van der Waals surface area contributed by atoms with Gasteiger partial charge in [-0.15, -0.1) is 0 Å². The topological polar surface area (TPSA) is 90.7 Å². The fourth-order valence-corrected chi connectivity index (χ4v) is 2.47. The summed E-state index contributed by atoms with van der Waals surface area (Å²) in [5, 5.41) is 0.153. The van der Waals surface area contributed by atoms with Crippen molar-refractivity contribution in [2.45, 2.75) is 13.1 Å². The minimum Gasteiger partial charge on any atom is -0.326 e. The molecule has 0 bridgehead atoms. The van der Waals surface area contributed by atoms with Crippen LogP contribution in [0.5, 0.6) is 0 Å². The van der Waals surface area contributed by atoms with Gasteiger partial charge in [0.25, 0.3) is 0 Å². The van der Waals surface area contributed by atoms with Crippen molar-refractivity contribution in [3.8, 4) is 22.8 Å². The minimum atomic E-state index is 0.153. The highest BCUT2D eigenvalue weighted by atomic mass is 35.5. The van der Waals surface area contributed by atoms with Crippen LogP contribution < -0.4 is 11.5 Å². The molecule has 0 atom stereocenters. The van der Waals surface area contributed by atoms with E-state index < -0.39 is 0 Å². The lowest BCUT2D eigenvalue weighted by molar-refractivity contribution is 1.03. The molecular formula is C17H16ClN5. The van der Waals surface area contributed by atoms with Gasteiger partial charge in [0.15, 0.2) is 11.6 Å². The van der Waals surface area contributed by atoms with Gasteiger partial charge in [0.2, 0.25) is 5.28 Å². The Balaban J connectivity index is 2.08. The first-order valence-corrected chi connectivity index (χ1v) is 7.58. The van der Waals surface area contributed by atoms with Crippen LogP contribution in [0.3, 0.4) is 0 Å². The van der Waals surface area contributed by atoms with E-state index in [0.717, 1.165) is 22.3 Å². The Morgan fingerprint density at radius 3 is 2.17 bits per heavy atom. The lowest BCUT2D eigenvalue weighted by Gasteiger charge is -2.08. The quantitative estimate of drug-likeness (QED) is 0.769. The fourth-order valence-electron chi connectivity index (χ4n) is 2.31. The zero-order valence-corrected chi connectivity index (χ0v) is 13.2. The van der Waals surface area contributed by atoms with Gasteiger partial charge < -0.3 is 11.5 Å². The number of benzene rings is 2. The normalized spacial score (nSPS) is 10.7. The second kappa shape index (κ2) is 6.83. The average molecular weight is 326 g/mol. The summed E-state index contributed by atoms with van der Waals surface area (Å²) in [5.41, 5.74) is 15.1. The monoisotopic (exact) mass is 325 g/mol. The van der Waals surface area contributed by atoms with Gasteiger partial charge in [-0.25, -0.2) is 4.98 Å². The largest absolute Gasteiger partial charge is 0.326 e. The molecule has 2 aromatic carbocycles. The molecule has 4 N–H and O–H groups in total. The van der Waals surface area contributed by atoms with Gasteiger partial charge in [0, 0.05) is 24.2 Å². The molecule has 3 aromatic rings. The predicted molar refractivity (Wildman–Crippen MR) is 91.5 cm³/mol. The smallest absolute Gasteiger partial charge is 0.226 e. The van der Waals surface area contributed by atoms with Crippen LogP contribution in [0.4, 0.5) is 0 Å². The molecule has 1 aromatic heterocycles. The molecule has 1 heterocycles. The van der Waals surface area contributed by atoms with E-state index >= 15 is 0 Å². The van der Waals surface area contributed by atoms with Crippen LogP contribution in [0.25, 0.3) is 22.8 Å². The summed E-state index contributed by atoms with van der Waals surface area (Å²) < 4.78 is 0. The Bertz CT molecular complexity index is 817. The van der Waals surface area contributed by atoms with Crippen LogP contribution >= 0.6 is 11.6 Å². The van der Waals surface area contributed by atoms with Gasteiger partial charge in [-0.05, 0) is 22.7 Å². The van der Waals surface area contributed by atoms with Crippen molar-refractivity contribution >= 4 is 11.6 Å².